The first-order valence-corrected chi connectivity index (χ1v) is 8.12. The van der Waals surface area contributed by atoms with Crippen molar-refractivity contribution < 1.29 is 8.42 Å². The van der Waals surface area contributed by atoms with Crippen LogP contribution in [0, 0.1) is 0 Å². The van der Waals surface area contributed by atoms with Crippen molar-refractivity contribution in [1.82, 2.24) is 9.21 Å². The monoisotopic (exact) mass is 298 g/mol. The molecular formula is C13H22N4O2S. The van der Waals surface area contributed by atoms with Gasteiger partial charge in [-0.1, -0.05) is 0 Å². The van der Waals surface area contributed by atoms with Gasteiger partial charge in [0.2, 0.25) is 10.0 Å². The molecular weight excluding hydrogens is 276 g/mol. The van der Waals surface area contributed by atoms with E-state index in [1.54, 1.807) is 28.6 Å². The van der Waals surface area contributed by atoms with Crippen LogP contribution in [0.3, 0.4) is 0 Å². The van der Waals surface area contributed by atoms with Gasteiger partial charge in [0.1, 0.15) is 0 Å². The molecule has 3 N–H and O–H groups in total. The Hall–Kier alpha value is -1.15. The van der Waals surface area contributed by atoms with E-state index in [2.05, 4.69) is 10.3 Å². The van der Waals surface area contributed by atoms with E-state index in [9.17, 15) is 8.42 Å². The van der Waals surface area contributed by atoms with Crippen LogP contribution in [0.1, 0.15) is 12.8 Å². The van der Waals surface area contributed by atoms with Crippen LogP contribution in [0.25, 0.3) is 0 Å². The van der Waals surface area contributed by atoms with Crippen molar-refractivity contribution in [2.24, 2.45) is 5.84 Å². The lowest BCUT2D eigenvalue weighted by Crippen LogP contribution is -2.47. The molecule has 20 heavy (non-hydrogen) atoms. The molecule has 1 aliphatic rings. The molecule has 112 valence electrons. The number of nitrogens with one attached hydrogen (secondary N) is 1. The fourth-order valence-electron chi connectivity index (χ4n) is 2.43. The van der Waals surface area contributed by atoms with E-state index in [0.717, 1.165) is 12.8 Å². The van der Waals surface area contributed by atoms with Crippen molar-refractivity contribution >= 4 is 15.7 Å². The number of nitrogens with two attached hydrogens (primary N) is 1. The van der Waals surface area contributed by atoms with Crippen LogP contribution < -0.4 is 11.3 Å². The molecule has 1 aromatic carbocycles. The third-order valence-electron chi connectivity index (χ3n) is 3.75. The van der Waals surface area contributed by atoms with Gasteiger partial charge in [0.15, 0.2) is 0 Å². The number of nitrogens with zero attached hydrogens (tertiary/aromatic N) is 2. The summed E-state index contributed by atoms with van der Waals surface area (Å²) >= 11 is 0. The van der Waals surface area contributed by atoms with Gasteiger partial charge in [-0.25, -0.2) is 8.42 Å². The predicted molar refractivity (Wildman–Crippen MR) is 79.7 cm³/mol. The van der Waals surface area contributed by atoms with E-state index < -0.39 is 10.0 Å². The topological polar surface area (TPSA) is 78.7 Å². The van der Waals surface area contributed by atoms with Gasteiger partial charge in [-0.3, -0.25) is 5.84 Å². The van der Waals surface area contributed by atoms with E-state index >= 15 is 0 Å². The molecule has 1 heterocycles. The summed E-state index contributed by atoms with van der Waals surface area (Å²) < 4.78 is 26.8. The van der Waals surface area contributed by atoms with Gasteiger partial charge in [-0.2, -0.15) is 4.31 Å². The Morgan fingerprint density at radius 2 is 1.95 bits per heavy atom. The molecule has 7 heteroatoms. The van der Waals surface area contributed by atoms with Gasteiger partial charge in [-0.15, -0.1) is 0 Å². The number of nitrogen functional groups attached to an aromatic ring is 1. The van der Waals surface area contributed by atoms with Crippen LogP contribution in [-0.2, 0) is 10.0 Å². The van der Waals surface area contributed by atoms with Crippen LogP contribution in [0.4, 0.5) is 5.69 Å². The molecule has 1 fully saturated rings. The van der Waals surface area contributed by atoms with Crippen molar-refractivity contribution in [2.75, 3.05) is 32.6 Å². The van der Waals surface area contributed by atoms with Gasteiger partial charge in [0, 0.05) is 24.8 Å². The summed E-state index contributed by atoms with van der Waals surface area (Å²) in [6.45, 7) is 1.13. The molecule has 1 aliphatic heterocycles. The maximum absolute atomic E-state index is 12.6. The normalized spacial score (nSPS) is 21.1. The summed E-state index contributed by atoms with van der Waals surface area (Å²) in [4.78, 5) is 2.40. The minimum Gasteiger partial charge on any atom is -0.324 e. The molecule has 0 bridgehead atoms. The highest BCUT2D eigenvalue weighted by molar-refractivity contribution is 7.89. The zero-order valence-corrected chi connectivity index (χ0v) is 12.7. The molecule has 1 unspecified atom stereocenters. The van der Waals surface area contributed by atoms with Gasteiger partial charge in [0.05, 0.1) is 4.90 Å². The fourth-order valence-corrected chi connectivity index (χ4v) is 3.95. The van der Waals surface area contributed by atoms with Crippen molar-refractivity contribution in [1.29, 1.82) is 0 Å². The van der Waals surface area contributed by atoms with Crippen molar-refractivity contribution in [3.05, 3.63) is 24.3 Å². The summed E-state index contributed by atoms with van der Waals surface area (Å²) in [5.74, 6) is 5.29. The first kappa shape index (κ1) is 15.2. The molecule has 0 saturated carbocycles. The number of likely N-dealkylation sites (N-methyl/N-ethyl adjacent to an activating group) is 1. The number of rotatable bonds is 4. The van der Waals surface area contributed by atoms with Gasteiger partial charge < -0.3 is 10.3 Å². The summed E-state index contributed by atoms with van der Waals surface area (Å²) in [6.07, 6.45) is 1.93. The van der Waals surface area contributed by atoms with Crippen LogP contribution in [-0.4, -0.2) is 50.8 Å². The first-order valence-electron chi connectivity index (χ1n) is 6.68. The minimum absolute atomic E-state index is 0.281. The molecule has 1 aromatic rings. The number of sulfonamides is 1. The Morgan fingerprint density at radius 1 is 1.30 bits per heavy atom. The average molecular weight is 298 g/mol. The molecule has 0 spiro atoms. The van der Waals surface area contributed by atoms with E-state index in [-0.39, 0.29) is 6.04 Å². The lowest BCUT2D eigenvalue weighted by molar-refractivity contribution is 0.190. The molecule has 0 aliphatic carbocycles. The number of hydrazine groups is 1. The van der Waals surface area contributed by atoms with E-state index in [0.29, 0.717) is 23.7 Å². The SMILES string of the molecule is CN(C)C1CCCN(S(=O)(=O)c2ccc(NN)cc2)C1. The third-order valence-corrected chi connectivity index (χ3v) is 5.63. The third kappa shape index (κ3) is 3.12. The second-order valence-corrected chi connectivity index (χ2v) is 7.23. The van der Waals surface area contributed by atoms with Crippen LogP contribution in [0.15, 0.2) is 29.2 Å². The van der Waals surface area contributed by atoms with Crippen LogP contribution >= 0.6 is 0 Å². The standard InChI is InChI=1S/C13H22N4O2S/c1-16(2)12-4-3-9-17(10-12)20(18,19)13-7-5-11(15-14)6-8-13/h5-8,12,15H,3-4,9-10,14H2,1-2H3. The quantitative estimate of drug-likeness (QED) is 0.631. The molecule has 1 atom stereocenters. The largest absolute Gasteiger partial charge is 0.324 e. The molecule has 0 radical (unpaired) electrons. The zero-order valence-electron chi connectivity index (χ0n) is 11.9. The smallest absolute Gasteiger partial charge is 0.243 e. The Labute approximate surface area is 120 Å². The molecule has 6 nitrogen and oxygen atoms in total. The number of benzene rings is 1. The van der Waals surface area contributed by atoms with Gasteiger partial charge >= 0.3 is 0 Å². The zero-order chi connectivity index (χ0) is 14.8. The summed E-state index contributed by atoms with van der Waals surface area (Å²) in [5, 5.41) is 0. The average Bonchev–Trinajstić information content (AvgIpc) is 2.47. The number of hydrogen-bond acceptors (Lipinski definition) is 5. The molecule has 2 rings (SSSR count). The van der Waals surface area contributed by atoms with Crippen molar-refractivity contribution in [3.63, 3.8) is 0 Å². The molecule has 0 amide bonds. The molecule has 1 saturated heterocycles. The predicted octanol–water partition coefficient (Wildman–Crippen LogP) is 0.687. The first-order chi connectivity index (χ1) is 9.45. The Kier molecular flexibility index (Phi) is 4.64. The van der Waals surface area contributed by atoms with Gasteiger partial charge in [0.25, 0.3) is 0 Å². The Morgan fingerprint density at radius 3 is 2.50 bits per heavy atom. The van der Waals surface area contributed by atoms with Gasteiger partial charge in [-0.05, 0) is 51.2 Å². The van der Waals surface area contributed by atoms with Crippen molar-refractivity contribution in [2.45, 2.75) is 23.8 Å². The lowest BCUT2D eigenvalue weighted by Gasteiger charge is -2.35. The second-order valence-electron chi connectivity index (χ2n) is 5.29. The van der Waals surface area contributed by atoms with Crippen molar-refractivity contribution in [3.8, 4) is 0 Å². The highest BCUT2D eigenvalue weighted by Crippen LogP contribution is 2.23. The highest BCUT2D eigenvalue weighted by atomic mass is 32.2. The maximum atomic E-state index is 12.6. The minimum atomic E-state index is -3.42. The van der Waals surface area contributed by atoms with Crippen LogP contribution in [0.2, 0.25) is 0 Å². The maximum Gasteiger partial charge on any atom is 0.243 e. The number of piperidine rings is 1. The fraction of sp³-hybridized carbons (Fsp3) is 0.538. The van der Waals surface area contributed by atoms with E-state index in [1.807, 2.05) is 14.1 Å². The summed E-state index contributed by atoms with van der Waals surface area (Å²) in [5.41, 5.74) is 3.18. The Balaban J connectivity index is 2.20. The summed E-state index contributed by atoms with van der Waals surface area (Å²) in [6, 6.07) is 6.79. The van der Waals surface area contributed by atoms with E-state index in [1.165, 1.54) is 0 Å². The highest BCUT2D eigenvalue weighted by Gasteiger charge is 2.30. The lowest BCUT2D eigenvalue weighted by atomic mass is 10.1. The second kappa shape index (κ2) is 6.09. The molecule has 0 aromatic heterocycles. The van der Waals surface area contributed by atoms with Crippen LogP contribution in [0.5, 0.6) is 0 Å². The number of hydrogen-bond donors (Lipinski definition) is 2. The Bertz CT molecular complexity index is 542. The van der Waals surface area contributed by atoms with E-state index in [4.69, 9.17) is 5.84 Å². The number of anilines is 1. The summed E-state index contributed by atoms with van der Waals surface area (Å²) in [7, 11) is 0.562.